The number of aliphatic hydroxyl groups is 1. The predicted molar refractivity (Wildman–Crippen MR) is 146 cm³/mol. The van der Waals surface area contributed by atoms with Gasteiger partial charge in [0.15, 0.2) is 11.9 Å². The SMILES string of the molecule is CC1(C)OC2C34COC(=O)C25C=CC2CCC5(C2)CC2CC5(C)C(c6ccoc6)OC(=O)C6OC65C(C)(C(O)C(=O)C13)C24. The molecule has 9 heteroatoms. The van der Waals surface area contributed by atoms with Crippen LogP contribution >= 0.6 is 0 Å². The number of ether oxygens (including phenoxy) is 4. The fourth-order valence-corrected chi connectivity index (χ4v) is 13.9. The lowest BCUT2D eigenvalue weighted by Gasteiger charge is -2.68. The van der Waals surface area contributed by atoms with Crippen molar-refractivity contribution < 1.29 is 42.9 Å². The zero-order chi connectivity index (χ0) is 29.7. The molecule has 9 aliphatic rings. The van der Waals surface area contributed by atoms with E-state index in [0.717, 1.165) is 31.2 Å². The number of carbonyl (C=O) groups excluding carboxylic acids is 3. The van der Waals surface area contributed by atoms with Gasteiger partial charge < -0.3 is 28.5 Å². The number of carbonyl (C=O) groups is 3. The van der Waals surface area contributed by atoms with E-state index in [4.69, 9.17) is 23.4 Å². The maximum atomic E-state index is 14.8. The van der Waals surface area contributed by atoms with Crippen molar-refractivity contribution in [1.29, 1.82) is 0 Å². The van der Waals surface area contributed by atoms with Crippen LogP contribution in [0.15, 0.2) is 35.2 Å². The summed E-state index contributed by atoms with van der Waals surface area (Å²) in [6.45, 7) is 8.01. The highest BCUT2D eigenvalue weighted by Crippen LogP contribution is 2.85. The number of rotatable bonds is 1. The molecule has 5 heterocycles. The molecule has 4 aliphatic heterocycles. The average Bonchev–Trinajstić information content (AvgIpc) is 3.23. The minimum absolute atomic E-state index is 0.0106. The summed E-state index contributed by atoms with van der Waals surface area (Å²) in [7, 11) is 0. The Bertz CT molecular complexity index is 1560. The van der Waals surface area contributed by atoms with Crippen LogP contribution in [-0.4, -0.2) is 58.9 Å². The highest BCUT2D eigenvalue weighted by molar-refractivity contribution is 5.93. The van der Waals surface area contributed by atoms with Crippen LogP contribution in [0.25, 0.3) is 0 Å². The van der Waals surface area contributed by atoms with Crippen molar-refractivity contribution in [2.24, 2.45) is 50.7 Å². The van der Waals surface area contributed by atoms with Crippen molar-refractivity contribution in [3.63, 3.8) is 0 Å². The summed E-state index contributed by atoms with van der Waals surface area (Å²) in [4.78, 5) is 42.8. The third-order valence-electron chi connectivity index (χ3n) is 14.8. The molecule has 4 bridgehead atoms. The Morgan fingerprint density at radius 2 is 1.81 bits per heavy atom. The van der Waals surface area contributed by atoms with E-state index < -0.39 is 74.6 Å². The van der Waals surface area contributed by atoms with Crippen molar-refractivity contribution >= 4 is 17.7 Å². The molecule has 4 saturated carbocycles. The zero-order valence-electron chi connectivity index (χ0n) is 25.0. The van der Waals surface area contributed by atoms with Gasteiger partial charge in [-0.1, -0.05) is 26.0 Å². The van der Waals surface area contributed by atoms with Crippen LogP contribution in [0.2, 0.25) is 0 Å². The Kier molecular flexibility index (Phi) is 4.20. The van der Waals surface area contributed by atoms with Gasteiger partial charge >= 0.3 is 11.9 Å². The molecule has 0 amide bonds. The quantitative estimate of drug-likeness (QED) is 0.296. The third-order valence-corrected chi connectivity index (χ3v) is 14.8. The highest BCUT2D eigenvalue weighted by atomic mass is 16.7. The first-order valence-electron chi connectivity index (χ1n) is 16.0. The summed E-state index contributed by atoms with van der Waals surface area (Å²) in [6.07, 6.45) is 8.09. The van der Waals surface area contributed by atoms with Gasteiger partial charge in [0.2, 0.25) is 0 Å². The van der Waals surface area contributed by atoms with Crippen molar-refractivity contribution in [2.75, 3.05) is 6.61 Å². The van der Waals surface area contributed by atoms with Crippen LogP contribution < -0.4 is 0 Å². The van der Waals surface area contributed by atoms with Crippen molar-refractivity contribution in [1.82, 2.24) is 0 Å². The number of hydrogen-bond donors (Lipinski definition) is 1. The van der Waals surface area contributed by atoms with Gasteiger partial charge in [0.25, 0.3) is 0 Å². The Morgan fingerprint density at radius 1 is 1.00 bits per heavy atom. The highest BCUT2D eigenvalue weighted by Gasteiger charge is 2.94. The Balaban J connectivity index is 1.29. The molecule has 14 unspecified atom stereocenters. The van der Waals surface area contributed by atoms with Crippen LogP contribution in [0.1, 0.15) is 71.5 Å². The lowest BCUT2D eigenvalue weighted by molar-refractivity contribution is -0.269. The first-order valence-corrected chi connectivity index (χ1v) is 16.0. The van der Waals surface area contributed by atoms with E-state index in [9.17, 15) is 19.5 Å². The fourth-order valence-electron chi connectivity index (χ4n) is 13.9. The van der Waals surface area contributed by atoms with Gasteiger partial charge in [0.05, 0.1) is 30.1 Å². The summed E-state index contributed by atoms with van der Waals surface area (Å²) in [6, 6.07) is 1.82. The summed E-state index contributed by atoms with van der Waals surface area (Å²) in [5.41, 5.74) is -5.57. The van der Waals surface area contributed by atoms with E-state index in [0.29, 0.717) is 12.3 Å². The lowest BCUT2D eigenvalue weighted by Crippen LogP contribution is -2.78. The Hall–Kier alpha value is -2.49. The molecule has 1 N–H and O–H groups in total. The second-order valence-corrected chi connectivity index (χ2v) is 16.5. The maximum Gasteiger partial charge on any atom is 0.339 e. The summed E-state index contributed by atoms with van der Waals surface area (Å²) >= 11 is 0. The predicted octanol–water partition coefficient (Wildman–Crippen LogP) is 3.69. The van der Waals surface area contributed by atoms with Crippen molar-refractivity contribution in [3.05, 3.63) is 36.3 Å². The minimum Gasteiger partial charge on any atom is -0.472 e. The van der Waals surface area contributed by atoms with Gasteiger partial charge in [-0.3, -0.25) is 9.59 Å². The number of cyclic esters (lactones) is 2. The number of fused-ring (bicyclic) bond motifs is 1. The standard InChI is InChI=1S/C34H38O9/c1-28(2)21-19(35)22(36)30(4)20-18(12-29(3)23(17-7-10-39-14-17)41-25(37)24-34(29,30)42-24)13-31-8-5-16(11-31)6-9-33(31)26(43-28)32(20,21)15-40-27(33)38/h6-7,9-10,14,16,18,20-24,26,36H,5,8,11-13,15H2,1-4H3. The van der Waals surface area contributed by atoms with E-state index in [1.54, 1.807) is 12.5 Å². The van der Waals surface area contributed by atoms with E-state index in [1.165, 1.54) is 0 Å². The molecular formula is C34H38O9. The molecule has 10 rings (SSSR count). The molecule has 228 valence electrons. The van der Waals surface area contributed by atoms with Gasteiger partial charge in [-0.05, 0) is 75.2 Å². The monoisotopic (exact) mass is 590 g/mol. The van der Waals surface area contributed by atoms with E-state index in [-0.39, 0.29) is 30.2 Å². The normalized spacial score (nSPS) is 59.2. The van der Waals surface area contributed by atoms with Gasteiger partial charge in [-0.25, -0.2) is 4.79 Å². The minimum atomic E-state index is -1.39. The molecule has 1 aromatic rings. The largest absolute Gasteiger partial charge is 0.472 e. The van der Waals surface area contributed by atoms with Crippen LogP contribution in [-0.2, 0) is 33.3 Å². The molecule has 0 aromatic carbocycles. The molecule has 8 fully saturated rings. The topological polar surface area (TPSA) is 125 Å². The van der Waals surface area contributed by atoms with Crippen LogP contribution in [0.5, 0.6) is 0 Å². The molecule has 9 nitrogen and oxygen atoms in total. The molecule has 4 spiro atoms. The number of allylic oxidation sites excluding steroid dienone is 1. The van der Waals surface area contributed by atoms with Gasteiger partial charge in [-0.15, -0.1) is 0 Å². The Labute approximate surface area is 249 Å². The molecule has 43 heavy (non-hydrogen) atoms. The maximum absolute atomic E-state index is 14.8. The number of aliphatic hydroxyl groups excluding tert-OH is 1. The second-order valence-electron chi connectivity index (χ2n) is 16.5. The number of ketones is 1. The number of esters is 2. The molecular weight excluding hydrogens is 552 g/mol. The van der Waals surface area contributed by atoms with Crippen LogP contribution in [0.4, 0.5) is 0 Å². The van der Waals surface area contributed by atoms with Crippen LogP contribution in [0, 0.1) is 50.7 Å². The zero-order valence-corrected chi connectivity index (χ0v) is 25.0. The number of furan rings is 1. The number of hydrogen-bond acceptors (Lipinski definition) is 9. The van der Waals surface area contributed by atoms with Gasteiger partial charge in [-0.2, -0.15) is 0 Å². The lowest BCUT2D eigenvalue weighted by atomic mass is 9.34. The molecule has 4 saturated heterocycles. The summed E-state index contributed by atoms with van der Waals surface area (Å²) in [5, 5.41) is 12.4. The molecule has 0 radical (unpaired) electrons. The molecule has 1 aromatic heterocycles. The van der Waals surface area contributed by atoms with Gasteiger partial charge in [0.1, 0.15) is 29.8 Å². The smallest absolute Gasteiger partial charge is 0.339 e. The first kappa shape index (κ1) is 25.8. The van der Waals surface area contributed by atoms with E-state index >= 15 is 0 Å². The third kappa shape index (κ3) is 2.27. The first-order chi connectivity index (χ1) is 20.3. The molecule has 14 atom stereocenters. The van der Waals surface area contributed by atoms with E-state index in [1.807, 2.05) is 26.8 Å². The van der Waals surface area contributed by atoms with Crippen molar-refractivity contribution in [2.45, 2.75) is 95.4 Å². The number of Topliss-reactive ketones (excluding diaryl/α,β-unsaturated/α-hetero) is 1. The van der Waals surface area contributed by atoms with E-state index in [2.05, 4.69) is 19.1 Å². The summed E-state index contributed by atoms with van der Waals surface area (Å²) < 4.78 is 31.6. The van der Waals surface area contributed by atoms with Gasteiger partial charge in [0, 0.05) is 21.8 Å². The van der Waals surface area contributed by atoms with Crippen molar-refractivity contribution in [3.8, 4) is 0 Å². The fraction of sp³-hybridized carbons (Fsp3) is 0.735. The molecule has 5 aliphatic carbocycles. The van der Waals surface area contributed by atoms with Crippen LogP contribution in [0.3, 0.4) is 0 Å². The summed E-state index contributed by atoms with van der Waals surface area (Å²) in [5.74, 6) is -1.62. The Morgan fingerprint density at radius 3 is 2.58 bits per heavy atom. The average molecular weight is 591 g/mol. The second kappa shape index (κ2) is 7.00. The number of epoxide rings is 1.